The molecule has 0 aliphatic heterocycles. The summed E-state index contributed by atoms with van der Waals surface area (Å²) >= 11 is 0. The Hall–Kier alpha value is -3.65. The SMILES string of the molecule is C=Cc1cccc(C(C(=O)NCc2ccccc2)N(C(=O)C(CO)NC(=O)OC(C)(C)C)C(C)(C)C)c1. The van der Waals surface area contributed by atoms with E-state index < -0.39 is 47.7 Å². The Kier molecular flexibility index (Phi) is 10.0. The molecule has 0 heterocycles. The van der Waals surface area contributed by atoms with Gasteiger partial charge in [0.1, 0.15) is 17.7 Å². The smallest absolute Gasteiger partial charge is 0.408 e. The largest absolute Gasteiger partial charge is 0.444 e. The highest BCUT2D eigenvalue weighted by molar-refractivity contribution is 5.92. The maximum Gasteiger partial charge on any atom is 0.408 e. The number of hydrogen-bond acceptors (Lipinski definition) is 5. The number of benzene rings is 2. The number of nitrogens with one attached hydrogen (secondary N) is 2. The number of ether oxygens (including phenoxy) is 1. The minimum absolute atomic E-state index is 0.267. The van der Waals surface area contributed by atoms with Gasteiger partial charge in [0.05, 0.1) is 6.61 Å². The second-order valence-electron chi connectivity index (χ2n) is 10.7. The average molecular weight is 510 g/mol. The van der Waals surface area contributed by atoms with Crippen LogP contribution in [0.1, 0.15) is 64.3 Å². The second-order valence-corrected chi connectivity index (χ2v) is 10.7. The van der Waals surface area contributed by atoms with Gasteiger partial charge < -0.3 is 25.4 Å². The van der Waals surface area contributed by atoms with E-state index in [1.165, 1.54) is 4.90 Å². The van der Waals surface area contributed by atoms with Crippen LogP contribution in [0.4, 0.5) is 4.79 Å². The molecular formula is C29H39N3O5. The van der Waals surface area contributed by atoms with E-state index in [9.17, 15) is 19.5 Å². The molecule has 0 bridgehead atoms. The highest BCUT2D eigenvalue weighted by Gasteiger charge is 2.41. The highest BCUT2D eigenvalue weighted by atomic mass is 16.6. The number of aliphatic hydroxyl groups is 1. The summed E-state index contributed by atoms with van der Waals surface area (Å²) in [7, 11) is 0. The normalized spacial score (nSPS) is 13.2. The van der Waals surface area contributed by atoms with Gasteiger partial charge in [-0.25, -0.2) is 4.79 Å². The van der Waals surface area contributed by atoms with Gasteiger partial charge in [-0.15, -0.1) is 0 Å². The lowest BCUT2D eigenvalue weighted by atomic mass is 9.94. The minimum atomic E-state index is -1.32. The first-order valence-corrected chi connectivity index (χ1v) is 12.2. The molecule has 0 aromatic heterocycles. The van der Waals surface area contributed by atoms with Crippen LogP contribution in [-0.4, -0.2) is 51.7 Å². The number of carbonyl (C=O) groups is 3. The molecule has 0 saturated carbocycles. The van der Waals surface area contributed by atoms with Crippen molar-refractivity contribution in [2.45, 2.75) is 71.3 Å². The predicted molar refractivity (Wildman–Crippen MR) is 144 cm³/mol. The molecule has 2 rings (SSSR count). The monoisotopic (exact) mass is 509 g/mol. The van der Waals surface area contributed by atoms with Crippen molar-refractivity contribution in [3.05, 3.63) is 77.9 Å². The standard InChI is InChI=1S/C29H39N3O5/c1-8-20-15-12-16-22(17-20)24(25(34)30-18-21-13-10-9-11-14-21)32(28(2,3)4)26(35)23(19-33)31-27(36)37-29(5,6)7/h8-17,23-24,33H,1,18-19H2,2-7H3,(H,30,34)(H,31,36). The number of alkyl carbamates (subject to hydrolysis) is 1. The summed E-state index contributed by atoms with van der Waals surface area (Å²) in [5, 5.41) is 15.4. The van der Waals surface area contributed by atoms with Crippen LogP contribution in [0, 0.1) is 0 Å². The summed E-state index contributed by atoms with van der Waals surface area (Å²) in [5.41, 5.74) is 0.606. The van der Waals surface area contributed by atoms with Crippen LogP contribution in [0.25, 0.3) is 6.08 Å². The Morgan fingerprint density at radius 1 is 1.03 bits per heavy atom. The topological polar surface area (TPSA) is 108 Å². The fourth-order valence-electron chi connectivity index (χ4n) is 3.80. The van der Waals surface area contributed by atoms with E-state index in [2.05, 4.69) is 17.2 Å². The van der Waals surface area contributed by atoms with Crippen molar-refractivity contribution in [3.63, 3.8) is 0 Å². The van der Waals surface area contributed by atoms with Crippen molar-refractivity contribution in [2.75, 3.05) is 6.61 Å². The average Bonchev–Trinajstić information content (AvgIpc) is 2.82. The summed E-state index contributed by atoms with van der Waals surface area (Å²) < 4.78 is 5.27. The van der Waals surface area contributed by atoms with Crippen LogP contribution in [0.3, 0.4) is 0 Å². The quantitative estimate of drug-likeness (QED) is 0.470. The molecular weight excluding hydrogens is 470 g/mol. The summed E-state index contributed by atoms with van der Waals surface area (Å²) in [6.45, 7) is 13.9. The minimum Gasteiger partial charge on any atom is -0.444 e. The Balaban J connectivity index is 2.49. The predicted octanol–water partition coefficient (Wildman–Crippen LogP) is 4.20. The van der Waals surface area contributed by atoms with Gasteiger partial charge in [-0.05, 0) is 64.3 Å². The first kappa shape index (κ1) is 29.6. The third-order valence-electron chi connectivity index (χ3n) is 5.41. The van der Waals surface area contributed by atoms with Crippen molar-refractivity contribution in [3.8, 4) is 0 Å². The third-order valence-corrected chi connectivity index (χ3v) is 5.41. The zero-order chi connectivity index (χ0) is 27.8. The number of amides is 3. The van der Waals surface area contributed by atoms with Crippen LogP contribution >= 0.6 is 0 Å². The molecule has 2 aromatic rings. The van der Waals surface area contributed by atoms with Gasteiger partial charge in [-0.3, -0.25) is 9.59 Å². The lowest BCUT2D eigenvalue weighted by Gasteiger charge is -2.43. The van der Waals surface area contributed by atoms with Crippen molar-refractivity contribution < 1.29 is 24.2 Å². The Labute approximate surface area is 219 Å². The molecule has 8 nitrogen and oxygen atoms in total. The van der Waals surface area contributed by atoms with E-state index in [1.807, 2.05) is 36.4 Å². The number of carbonyl (C=O) groups excluding carboxylic acids is 3. The van der Waals surface area contributed by atoms with Crippen LogP contribution in [-0.2, 0) is 20.9 Å². The van der Waals surface area contributed by atoms with Gasteiger partial charge in [0, 0.05) is 12.1 Å². The van der Waals surface area contributed by atoms with E-state index in [0.717, 1.165) is 11.1 Å². The molecule has 2 atom stereocenters. The number of aliphatic hydroxyl groups excluding tert-OH is 1. The molecule has 37 heavy (non-hydrogen) atoms. The Morgan fingerprint density at radius 2 is 1.68 bits per heavy atom. The van der Waals surface area contributed by atoms with Gasteiger partial charge in [-0.2, -0.15) is 0 Å². The van der Waals surface area contributed by atoms with Crippen LogP contribution in [0.5, 0.6) is 0 Å². The van der Waals surface area contributed by atoms with E-state index >= 15 is 0 Å². The maximum absolute atomic E-state index is 13.9. The molecule has 0 spiro atoms. The lowest BCUT2D eigenvalue weighted by molar-refractivity contribution is -0.149. The van der Waals surface area contributed by atoms with Crippen molar-refractivity contribution in [2.24, 2.45) is 0 Å². The van der Waals surface area contributed by atoms with Gasteiger partial charge in [0.25, 0.3) is 0 Å². The summed E-state index contributed by atoms with van der Waals surface area (Å²) in [6, 6.07) is 14.3. The number of nitrogens with zero attached hydrogens (tertiary/aromatic N) is 1. The lowest BCUT2D eigenvalue weighted by Crippen LogP contribution is -2.59. The van der Waals surface area contributed by atoms with Crippen LogP contribution < -0.4 is 10.6 Å². The van der Waals surface area contributed by atoms with Crippen LogP contribution in [0.2, 0.25) is 0 Å². The summed E-state index contributed by atoms with van der Waals surface area (Å²) in [6.07, 6.45) is 0.819. The molecule has 0 saturated heterocycles. The first-order chi connectivity index (χ1) is 17.3. The fraction of sp³-hybridized carbons (Fsp3) is 0.414. The number of hydrogen-bond donors (Lipinski definition) is 3. The number of rotatable bonds is 9. The van der Waals surface area contributed by atoms with Crippen molar-refractivity contribution in [1.29, 1.82) is 0 Å². The molecule has 0 fully saturated rings. The van der Waals surface area contributed by atoms with Crippen molar-refractivity contribution in [1.82, 2.24) is 15.5 Å². The van der Waals surface area contributed by atoms with E-state index in [4.69, 9.17) is 4.74 Å². The van der Waals surface area contributed by atoms with E-state index in [-0.39, 0.29) is 6.54 Å². The molecule has 8 heteroatoms. The zero-order valence-corrected chi connectivity index (χ0v) is 22.6. The highest BCUT2D eigenvalue weighted by Crippen LogP contribution is 2.31. The Bertz CT molecular complexity index is 1090. The first-order valence-electron chi connectivity index (χ1n) is 12.2. The third kappa shape index (κ3) is 8.75. The Morgan fingerprint density at radius 3 is 2.22 bits per heavy atom. The zero-order valence-electron chi connectivity index (χ0n) is 22.6. The second kappa shape index (κ2) is 12.5. The molecule has 3 N–H and O–H groups in total. The molecule has 200 valence electrons. The van der Waals surface area contributed by atoms with E-state index in [1.54, 1.807) is 65.8 Å². The van der Waals surface area contributed by atoms with E-state index in [0.29, 0.717) is 5.56 Å². The van der Waals surface area contributed by atoms with Crippen LogP contribution in [0.15, 0.2) is 61.2 Å². The molecule has 0 aliphatic carbocycles. The molecule has 3 amide bonds. The summed E-state index contributed by atoms with van der Waals surface area (Å²) in [4.78, 5) is 41.4. The van der Waals surface area contributed by atoms with Gasteiger partial charge in [0.2, 0.25) is 11.8 Å². The van der Waals surface area contributed by atoms with Crippen molar-refractivity contribution >= 4 is 24.0 Å². The van der Waals surface area contributed by atoms with Gasteiger partial charge >= 0.3 is 6.09 Å². The summed E-state index contributed by atoms with van der Waals surface area (Å²) in [5.74, 6) is -1.02. The molecule has 2 unspecified atom stereocenters. The van der Waals surface area contributed by atoms with Gasteiger partial charge in [-0.1, -0.05) is 61.2 Å². The van der Waals surface area contributed by atoms with Gasteiger partial charge in [0.15, 0.2) is 0 Å². The fourth-order valence-corrected chi connectivity index (χ4v) is 3.80. The maximum atomic E-state index is 13.9. The molecule has 0 radical (unpaired) electrons. The molecule has 2 aromatic carbocycles. The molecule has 0 aliphatic rings.